The Labute approximate surface area is 149 Å². The van der Waals surface area contributed by atoms with Crippen LogP contribution in [0, 0.1) is 0 Å². The Morgan fingerprint density at radius 3 is 2.69 bits per heavy atom. The zero-order valence-electron chi connectivity index (χ0n) is 14.4. The van der Waals surface area contributed by atoms with Gasteiger partial charge in [0.05, 0.1) is 44.0 Å². The highest BCUT2D eigenvalue weighted by Crippen LogP contribution is 2.44. The maximum atomic E-state index is 13.2. The van der Waals surface area contributed by atoms with Gasteiger partial charge >= 0.3 is 0 Å². The van der Waals surface area contributed by atoms with Crippen LogP contribution in [0.1, 0.15) is 28.3 Å². The second-order valence-corrected chi connectivity index (χ2v) is 6.09. The first-order valence-corrected chi connectivity index (χ1v) is 8.26. The number of hydrogen-bond donors (Lipinski definition) is 1. The minimum absolute atomic E-state index is 0.0604. The topological polar surface area (TPSA) is 78.1 Å². The van der Waals surface area contributed by atoms with E-state index in [1.54, 1.807) is 44.6 Å². The molecule has 3 aromatic rings. The van der Waals surface area contributed by atoms with E-state index >= 15 is 0 Å². The largest absolute Gasteiger partial charge is 0.506 e. The third kappa shape index (κ3) is 2.45. The third-order valence-electron chi connectivity index (χ3n) is 4.74. The van der Waals surface area contributed by atoms with Gasteiger partial charge in [-0.05, 0) is 30.7 Å². The number of phenolic OH excluding ortho intramolecular Hbond substituents is 1. The highest BCUT2D eigenvalue weighted by Gasteiger charge is 2.32. The fourth-order valence-electron chi connectivity index (χ4n) is 3.40. The Morgan fingerprint density at radius 2 is 1.92 bits per heavy atom. The van der Waals surface area contributed by atoms with E-state index in [4.69, 9.17) is 18.6 Å². The summed E-state index contributed by atoms with van der Waals surface area (Å²) in [7, 11) is 3.09. The molecule has 6 heteroatoms. The fourth-order valence-corrected chi connectivity index (χ4v) is 3.40. The third-order valence-corrected chi connectivity index (χ3v) is 4.74. The number of aromatic hydroxyl groups is 1. The molecule has 0 radical (unpaired) electrons. The molecule has 1 atom stereocenters. The van der Waals surface area contributed by atoms with Crippen molar-refractivity contribution in [3.63, 3.8) is 0 Å². The van der Waals surface area contributed by atoms with Crippen molar-refractivity contribution >= 4 is 16.8 Å². The molecule has 0 saturated heterocycles. The molecule has 2 heterocycles. The highest BCUT2D eigenvalue weighted by molar-refractivity contribution is 6.07. The molecule has 1 aliphatic rings. The average Bonchev–Trinajstić information content (AvgIpc) is 3.16. The summed E-state index contributed by atoms with van der Waals surface area (Å²) in [4.78, 5) is 13.2. The predicted molar refractivity (Wildman–Crippen MR) is 94.6 cm³/mol. The van der Waals surface area contributed by atoms with Crippen molar-refractivity contribution in [1.82, 2.24) is 0 Å². The smallest absolute Gasteiger partial charge is 0.174 e. The molecule has 134 valence electrons. The molecular formula is C20H18O6. The van der Waals surface area contributed by atoms with Gasteiger partial charge in [0.2, 0.25) is 0 Å². The first-order valence-electron chi connectivity index (χ1n) is 8.26. The number of rotatable bonds is 4. The Kier molecular flexibility index (Phi) is 3.95. The van der Waals surface area contributed by atoms with Gasteiger partial charge in [-0.15, -0.1) is 0 Å². The van der Waals surface area contributed by atoms with E-state index in [0.717, 1.165) is 5.56 Å². The molecule has 0 fully saturated rings. The molecule has 6 nitrogen and oxygen atoms in total. The number of methoxy groups -OCH3 is 2. The zero-order valence-corrected chi connectivity index (χ0v) is 14.4. The number of furan rings is 1. The summed E-state index contributed by atoms with van der Waals surface area (Å²) in [5, 5.41) is 11.0. The molecule has 1 N–H and O–H groups in total. The van der Waals surface area contributed by atoms with Crippen LogP contribution in [0.5, 0.6) is 23.0 Å². The molecule has 1 aliphatic heterocycles. The lowest BCUT2D eigenvalue weighted by atomic mass is 9.85. The number of phenols is 1. The molecule has 0 aliphatic carbocycles. The van der Waals surface area contributed by atoms with Crippen LogP contribution < -0.4 is 14.2 Å². The van der Waals surface area contributed by atoms with Gasteiger partial charge in [0, 0.05) is 11.6 Å². The van der Waals surface area contributed by atoms with Crippen LogP contribution in [0.4, 0.5) is 0 Å². The van der Waals surface area contributed by atoms with E-state index in [-0.39, 0.29) is 17.1 Å². The van der Waals surface area contributed by atoms with Gasteiger partial charge in [0.15, 0.2) is 17.3 Å². The van der Waals surface area contributed by atoms with Crippen LogP contribution in [0.2, 0.25) is 0 Å². The van der Waals surface area contributed by atoms with Crippen molar-refractivity contribution in [3.05, 3.63) is 47.7 Å². The molecule has 4 rings (SSSR count). The van der Waals surface area contributed by atoms with Crippen molar-refractivity contribution in [1.29, 1.82) is 0 Å². The van der Waals surface area contributed by atoms with E-state index in [1.807, 2.05) is 0 Å². The van der Waals surface area contributed by atoms with E-state index in [1.165, 1.54) is 6.26 Å². The molecule has 2 aromatic carbocycles. The molecule has 0 saturated carbocycles. The quantitative estimate of drug-likeness (QED) is 0.716. The van der Waals surface area contributed by atoms with E-state index in [2.05, 4.69) is 0 Å². The van der Waals surface area contributed by atoms with Gasteiger partial charge < -0.3 is 23.7 Å². The number of hydrogen-bond acceptors (Lipinski definition) is 6. The van der Waals surface area contributed by atoms with Crippen molar-refractivity contribution in [3.8, 4) is 23.0 Å². The SMILES string of the molecule is COc1cc2c(cc1OC)[C@H](C(=O)c1ccc3occc3c1O)CCO2. The Morgan fingerprint density at radius 1 is 1.15 bits per heavy atom. The number of benzene rings is 2. The van der Waals surface area contributed by atoms with Crippen LogP contribution in [-0.2, 0) is 0 Å². The van der Waals surface area contributed by atoms with Crippen molar-refractivity contribution in [2.75, 3.05) is 20.8 Å². The average molecular weight is 354 g/mol. The Hall–Kier alpha value is -3.15. The summed E-state index contributed by atoms with van der Waals surface area (Å²) in [6.45, 7) is 0.410. The van der Waals surface area contributed by atoms with Crippen LogP contribution in [0.3, 0.4) is 0 Å². The second-order valence-electron chi connectivity index (χ2n) is 6.09. The van der Waals surface area contributed by atoms with Gasteiger partial charge in [0.25, 0.3) is 0 Å². The minimum atomic E-state index is -0.436. The fraction of sp³-hybridized carbons (Fsp3) is 0.250. The van der Waals surface area contributed by atoms with Crippen LogP contribution in [0.15, 0.2) is 41.0 Å². The number of fused-ring (bicyclic) bond motifs is 2. The molecular weight excluding hydrogens is 336 g/mol. The molecule has 0 amide bonds. The first kappa shape index (κ1) is 16.3. The first-order chi connectivity index (χ1) is 12.6. The molecule has 0 unspecified atom stereocenters. The summed E-state index contributed by atoms with van der Waals surface area (Å²) >= 11 is 0. The van der Waals surface area contributed by atoms with Crippen LogP contribution in [0.25, 0.3) is 11.0 Å². The van der Waals surface area contributed by atoms with E-state index < -0.39 is 5.92 Å². The van der Waals surface area contributed by atoms with Crippen LogP contribution in [-0.4, -0.2) is 31.7 Å². The number of ether oxygens (including phenoxy) is 3. The summed E-state index contributed by atoms with van der Waals surface area (Å²) in [6, 6.07) is 8.43. The summed E-state index contributed by atoms with van der Waals surface area (Å²) in [5.74, 6) is 1.01. The van der Waals surface area contributed by atoms with Gasteiger partial charge in [0.1, 0.15) is 17.1 Å². The van der Waals surface area contributed by atoms with Gasteiger partial charge in [-0.1, -0.05) is 0 Å². The Balaban J connectivity index is 1.79. The number of Topliss-reactive ketones (excluding diaryl/α,β-unsaturated/α-hetero) is 1. The maximum Gasteiger partial charge on any atom is 0.174 e. The summed E-state index contributed by atoms with van der Waals surface area (Å²) < 4.78 is 21.6. The van der Waals surface area contributed by atoms with E-state index in [9.17, 15) is 9.90 Å². The van der Waals surface area contributed by atoms with Crippen molar-refractivity contribution in [2.45, 2.75) is 12.3 Å². The second kappa shape index (κ2) is 6.29. The summed E-state index contributed by atoms with van der Waals surface area (Å²) in [5.41, 5.74) is 1.54. The number of ketones is 1. The van der Waals surface area contributed by atoms with Gasteiger partial charge in [-0.25, -0.2) is 0 Å². The maximum absolute atomic E-state index is 13.2. The lowest BCUT2D eigenvalue weighted by molar-refractivity contribution is 0.0930. The highest BCUT2D eigenvalue weighted by atomic mass is 16.5. The van der Waals surface area contributed by atoms with Crippen molar-refractivity contribution in [2.24, 2.45) is 0 Å². The van der Waals surface area contributed by atoms with Gasteiger partial charge in [-0.2, -0.15) is 0 Å². The zero-order chi connectivity index (χ0) is 18.3. The molecule has 1 aromatic heterocycles. The predicted octanol–water partition coefficient (Wildman–Crippen LogP) is 3.90. The van der Waals surface area contributed by atoms with Crippen molar-refractivity contribution < 1.29 is 28.5 Å². The molecule has 0 spiro atoms. The monoisotopic (exact) mass is 354 g/mol. The normalized spacial score (nSPS) is 16.0. The van der Waals surface area contributed by atoms with E-state index in [0.29, 0.717) is 41.2 Å². The van der Waals surface area contributed by atoms with Crippen LogP contribution >= 0.6 is 0 Å². The van der Waals surface area contributed by atoms with Gasteiger partial charge in [-0.3, -0.25) is 4.79 Å². The lowest BCUT2D eigenvalue weighted by Gasteiger charge is -2.26. The lowest BCUT2D eigenvalue weighted by Crippen LogP contribution is -2.22. The summed E-state index contributed by atoms with van der Waals surface area (Å²) in [6.07, 6.45) is 2.00. The standard InChI is InChI=1S/C20H18O6/c1-23-17-9-14-11(5-7-26-16(14)10-18(17)24-2)19(21)13-3-4-15-12(20(13)22)6-8-25-15/h3-4,6,8-11,22H,5,7H2,1-2H3/t11-/m1/s1. The minimum Gasteiger partial charge on any atom is -0.506 e. The molecule has 26 heavy (non-hydrogen) atoms. The number of carbonyl (C=O) groups excluding carboxylic acids is 1. The number of carbonyl (C=O) groups is 1. The molecule has 0 bridgehead atoms. The Bertz CT molecular complexity index is 987.